The molecule has 0 aliphatic rings. The highest BCUT2D eigenvalue weighted by Crippen LogP contribution is 2.45. The van der Waals surface area contributed by atoms with E-state index in [2.05, 4.69) is 0 Å². The van der Waals surface area contributed by atoms with Crippen LogP contribution in [0.3, 0.4) is 0 Å². The van der Waals surface area contributed by atoms with Crippen LogP contribution in [0.25, 0.3) is 0 Å². The lowest BCUT2D eigenvalue weighted by Crippen LogP contribution is -2.01. The van der Waals surface area contributed by atoms with Crippen LogP contribution >= 0.6 is 58.0 Å². The summed E-state index contributed by atoms with van der Waals surface area (Å²) in [5.74, 6) is 0. The van der Waals surface area contributed by atoms with Crippen molar-refractivity contribution in [1.82, 2.24) is 0 Å². The van der Waals surface area contributed by atoms with Gasteiger partial charge in [-0.3, -0.25) is 4.55 Å². The van der Waals surface area contributed by atoms with Gasteiger partial charge in [0.2, 0.25) is 0 Å². The van der Waals surface area contributed by atoms with E-state index in [4.69, 9.17) is 62.6 Å². The quantitative estimate of drug-likeness (QED) is 0.477. The molecule has 15 heavy (non-hydrogen) atoms. The average Bonchev–Trinajstić information content (AvgIpc) is 2.09. The molecular formula is C6HCl5O3S. The van der Waals surface area contributed by atoms with Crippen molar-refractivity contribution >= 4 is 68.1 Å². The molecule has 1 aromatic rings. The van der Waals surface area contributed by atoms with E-state index in [0.29, 0.717) is 0 Å². The van der Waals surface area contributed by atoms with Gasteiger partial charge >= 0.3 is 0 Å². The van der Waals surface area contributed by atoms with Gasteiger partial charge in [-0.15, -0.1) is 0 Å². The third kappa shape index (κ3) is 2.47. The minimum atomic E-state index is -4.62. The molecule has 0 fully saturated rings. The number of rotatable bonds is 1. The molecule has 0 heterocycles. The van der Waals surface area contributed by atoms with E-state index >= 15 is 0 Å². The summed E-state index contributed by atoms with van der Waals surface area (Å²) in [5.41, 5.74) is 0. The monoisotopic (exact) mass is 328 g/mol. The molecule has 0 bridgehead atoms. The Morgan fingerprint density at radius 1 is 0.733 bits per heavy atom. The van der Waals surface area contributed by atoms with Crippen LogP contribution in [0.5, 0.6) is 0 Å². The molecule has 1 rings (SSSR count). The molecule has 0 aliphatic heterocycles. The number of benzene rings is 1. The molecular weight excluding hydrogens is 329 g/mol. The molecule has 0 aliphatic carbocycles. The van der Waals surface area contributed by atoms with Crippen molar-refractivity contribution in [2.75, 3.05) is 0 Å². The van der Waals surface area contributed by atoms with E-state index < -0.39 is 25.1 Å². The van der Waals surface area contributed by atoms with Crippen LogP contribution in [0.2, 0.25) is 25.1 Å². The summed E-state index contributed by atoms with van der Waals surface area (Å²) >= 11 is 27.9. The van der Waals surface area contributed by atoms with Gasteiger partial charge in [0.25, 0.3) is 10.1 Å². The zero-order valence-electron chi connectivity index (χ0n) is 6.56. The minimum Gasteiger partial charge on any atom is -0.282 e. The Labute approximate surface area is 111 Å². The molecule has 0 amide bonds. The fourth-order valence-electron chi connectivity index (χ4n) is 0.811. The van der Waals surface area contributed by atoms with Crippen molar-refractivity contribution in [3.8, 4) is 0 Å². The van der Waals surface area contributed by atoms with E-state index in [-0.39, 0.29) is 15.1 Å². The summed E-state index contributed by atoms with van der Waals surface area (Å²) in [6.45, 7) is 0. The maximum absolute atomic E-state index is 10.9. The maximum atomic E-state index is 10.9. The molecule has 84 valence electrons. The Balaban J connectivity index is 3.84. The summed E-state index contributed by atoms with van der Waals surface area (Å²) in [7, 11) is -4.62. The van der Waals surface area contributed by atoms with Crippen LogP contribution in [0.1, 0.15) is 0 Å². The molecule has 0 saturated carbocycles. The molecule has 0 spiro atoms. The molecule has 0 radical (unpaired) electrons. The molecule has 1 aromatic carbocycles. The third-order valence-corrected chi connectivity index (χ3v) is 4.85. The summed E-state index contributed by atoms with van der Waals surface area (Å²) in [6.07, 6.45) is 0. The van der Waals surface area contributed by atoms with E-state index in [1.807, 2.05) is 0 Å². The van der Waals surface area contributed by atoms with Crippen molar-refractivity contribution in [3.63, 3.8) is 0 Å². The normalized spacial score (nSPS) is 11.9. The Kier molecular flexibility index (Phi) is 4.05. The molecule has 0 unspecified atom stereocenters. The van der Waals surface area contributed by atoms with Gasteiger partial charge in [0.1, 0.15) is 4.90 Å². The fraction of sp³-hybridized carbons (Fsp3) is 0. The lowest BCUT2D eigenvalue weighted by atomic mass is 10.3. The standard InChI is InChI=1S/C6HCl5O3S/c7-1-2(8)4(10)6(15(12,13)14)5(11)3(1)9/h(H,12,13,14). The number of hydrogen-bond donors (Lipinski definition) is 1. The van der Waals surface area contributed by atoms with Gasteiger partial charge in [-0.25, -0.2) is 0 Å². The topological polar surface area (TPSA) is 54.4 Å². The van der Waals surface area contributed by atoms with Crippen LogP contribution in [0.4, 0.5) is 0 Å². The second-order valence-corrected chi connectivity index (χ2v) is 5.62. The molecule has 3 nitrogen and oxygen atoms in total. The summed E-state index contributed by atoms with van der Waals surface area (Å²) in [6, 6.07) is 0. The minimum absolute atomic E-state index is 0.180. The van der Waals surface area contributed by atoms with Crippen LogP contribution in [-0.2, 0) is 10.1 Å². The van der Waals surface area contributed by atoms with Crippen molar-refractivity contribution in [1.29, 1.82) is 0 Å². The second kappa shape index (κ2) is 4.45. The van der Waals surface area contributed by atoms with Gasteiger partial charge in [-0.2, -0.15) is 8.42 Å². The van der Waals surface area contributed by atoms with Crippen molar-refractivity contribution in [2.45, 2.75) is 4.90 Å². The molecule has 9 heteroatoms. The summed E-state index contributed by atoms with van der Waals surface area (Å²) in [5, 5.41) is -1.71. The van der Waals surface area contributed by atoms with Crippen molar-refractivity contribution in [3.05, 3.63) is 25.1 Å². The lowest BCUT2D eigenvalue weighted by Gasteiger charge is -2.09. The second-order valence-electron chi connectivity index (χ2n) is 2.37. The van der Waals surface area contributed by atoms with Gasteiger partial charge in [0.15, 0.2) is 0 Å². The maximum Gasteiger partial charge on any atom is 0.297 e. The first-order valence-electron chi connectivity index (χ1n) is 3.16. The van der Waals surface area contributed by atoms with E-state index in [9.17, 15) is 8.42 Å². The Morgan fingerprint density at radius 2 is 1.00 bits per heavy atom. The Morgan fingerprint density at radius 3 is 1.27 bits per heavy atom. The first kappa shape index (κ1) is 13.6. The van der Waals surface area contributed by atoms with Gasteiger partial charge in [0.05, 0.1) is 25.1 Å². The molecule has 0 saturated heterocycles. The average molecular weight is 330 g/mol. The predicted molar refractivity (Wildman–Crippen MR) is 61.3 cm³/mol. The fourth-order valence-corrected chi connectivity index (χ4v) is 3.30. The van der Waals surface area contributed by atoms with Gasteiger partial charge in [-0.05, 0) is 0 Å². The summed E-state index contributed by atoms with van der Waals surface area (Å²) in [4.78, 5) is -0.759. The van der Waals surface area contributed by atoms with E-state index in [1.165, 1.54) is 0 Å². The van der Waals surface area contributed by atoms with Crippen LogP contribution in [0, 0.1) is 0 Å². The van der Waals surface area contributed by atoms with Gasteiger partial charge in [0, 0.05) is 0 Å². The van der Waals surface area contributed by atoms with Gasteiger partial charge < -0.3 is 0 Å². The zero-order chi connectivity index (χ0) is 12.0. The molecule has 0 aromatic heterocycles. The van der Waals surface area contributed by atoms with Crippen molar-refractivity contribution < 1.29 is 13.0 Å². The highest BCUT2D eigenvalue weighted by molar-refractivity contribution is 7.86. The Bertz CT molecular complexity index is 495. The van der Waals surface area contributed by atoms with Crippen LogP contribution in [-0.4, -0.2) is 13.0 Å². The Hall–Kier alpha value is 0.580. The highest BCUT2D eigenvalue weighted by atomic mass is 35.5. The van der Waals surface area contributed by atoms with Crippen LogP contribution < -0.4 is 0 Å². The van der Waals surface area contributed by atoms with Gasteiger partial charge in [-0.1, -0.05) is 58.0 Å². The first-order chi connectivity index (χ1) is 6.68. The van der Waals surface area contributed by atoms with Crippen LogP contribution in [0.15, 0.2) is 4.90 Å². The SMILES string of the molecule is O=S(=O)(O)c1c(Cl)c(Cl)c(Cl)c(Cl)c1Cl. The van der Waals surface area contributed by atoms with E-state index in [1.54, 1.807) is 0 Å². The first-order valence-corrected chi connectivity index (χ1v) is 6.49. The van der Waals surface area contributed by atoms with E-state index in [0.717, 1.165) is 0 Å². The molecule has 1 N–H and O–H groups in total. The smallest absolute Gasteiger partial charge is 0.282 e. The number of halogens is 5. The lowest BCUT2D eigenvalue weighted by molar-refractivity contribution is 0.483. The molecule has 0 atom stereocenters. The summed E-state index contributed by atoms with van der Waals surface area (Å²) < 4.78 is 30.7. The number of hydrogen-bond acceptors (Lipinski definition) is 2. The van der Waals surface area contributed by atoms with Crippen molar-refractivity contribution in [2.24, 2.45) is 0 Å². The third-order valence-electron chi connectivity index (χ3n) is 1.43. The largest absolute Gasteiger partial charge is 0.297 e. The predicted octanol–water partition coefficient (Wildman–Crippen LogP) is 4.20. The zero-order valence-corrected chi connectivity index (χ0v) is 11.2. The highest BCUT2D eigenvalue weighted by Gasteiger charge is 2.26.